The molecule has 2 aliphatic rings. The van der Waals surface area contributed by atoms with E-state index in [4.69, 9.17) is 0 Å². The number of nitrogens with one attached hydrogen (secondary N) is 1. The zero-order chi connectivity index (χ0) is 17.1. The molecule has 0 aromatic heterocycles. The van der Waals surface area contributed by atoms with Crippen molar-refractivity contribution in [3.8, 4) is 0 Å². The molecule has 2 aliphatic carbocycles. The number of anilines is 1. The van der Waals surface area contributed by atoms with E-state index in [1.165, 1.54) is 12.5 Å². The zero-order valence-corrected chi connectivity index (χ0v) is 14.2. The summed E-state index contributed by atoms with van der Waals surface area (Å²) in [5.74, 6) is -0.0922. The third-order valence-corrected chi connectivity index (χ3v) is 5.00. The number of hydrogen-bond donors (Lipinski definition) is 1. The molecule has 0 bridgehead atoms. The molecular weight excluding hydrogens is 306 g/mol. The Morgan fingerprint density at radius 1 is 1.25 bits per heavy atom. The average molecular weight is 331 g/mol. The molecule has 0 spiro atoms. The van der Waals surface area contributed by atoms with E-state index in [1.54, 1.807) is 12.1 Å². The normalized spacial score (nSPS) is 18.2. The first-order valence-electron chi connectivity index (χ1n) is 8.96. The van der Waals surface area contributed by atoms with Gasteiger partial charge in [-0.2, -0.15) is 0 Å². The second-order valence-electron chi connectivity index (χ2n) is 6.79. The second kappa shape index (κ2) is 7.20. The Labute approximate surface area is 142 Å². The number of carbonyl (C=O) groups is 1. The highest BCUT2D eigenvalue weighted by Crippen LogP contribution is 2.32. The third-order valence-electron chi connectivity index (χ3n) is 5.00. The van der Waals surface area contributed by atoms with Gasteiger partial charge in [-0.05, 0) is 44.7 Å². The first kappa shape index (κ1) is 16.7. The van der Waals surface area contributed by atoms with Gasteiger partial charge in [0.15, 0.2) is 0 Å². The van der Waals surface area contributed by atoms with Crippen LogP contribution in [0.15, 0.2) is 18.2 Å². The number of hydrogen-bond acceptors (Lipinski definition) is 4. The lowest BCUT2D eigenvalue weighted by molar-refractivity contribution is -0.384. The molecule has 0 saturated heterocycles. The van der Waals surface area contributed by atoms with Gasteiger partial charge in [-0.25, -0.2) is 0 Å². The van der Waals surface area contributed by atoms with Gasteiger partial charge in [0.2, 0.25) is 0 Å². The summed E-state index contributed by atoms with van der Waals surface area (Å²) in [7, 11) is 0. The van der Waals surface area contributed by atoms with E-state index in [1.807, 2.05) is 11.8 Å². The Kier molecular flexibility index (Phi) is 5.02. The molecular formula is C18H25N3O3. The Bertz CT molecular complexity index is 622. The minimum Gasteiger partial charge on any atom is -0.377 e. The van der Waals surface area contributed by atoms with Crippen molar-refractivity contribution in [2.75, 3.05) is 11.9 Å². The highest BCUT2D eigenvalue weighted by Gasteiger charge is 2.28. The third kappa shape index (κ3) is 3.68. The Hall–Kier alpha value is -2.11. The van der Waals surface area contributed by atoms with Crippen LogP contribution in [0.5, 0.6) is 0 Å². The largest absolute Gasteiger partial charge is 0.377 e. The number of amides is 1. The molecule has 2 saturated carbocycles. The molecule has 6 nitrogen and oxygen atoms in total. The molecule has 1 N–H and O–H groups in total. The van der Waals surface area contributed by atoms with Crippen molar-refractivity contribution >= 4 is 17.3 Å². The minimum atomic E-state index is -0.404. The number of nitrogens with zero attached hydrogens (tertiary/aromatic N) is 2. The van der Waals surface area contributed by atoms with Crippen molar-refractivity contribution in [3.05, 3.63) is 33.9 Å². The van der Waals surface area contributed by atoms with Gasteiger partial charge < -0.3 is 10.2 Å². The molecule has 24 heavy (non-hydrogen) atoms. The van der Waals surface area contributed by atoms with Crippen LogP contribution in [0.25, 0.3) is 0 Å². The monoisotopic (exact) mass is 331 g/mol. The van der Waals surface area contributed by atoms with Crippen LogP contribution in [0.2, 0.25) is 0 Å². The molecule has 130 valence electrons. The fraction of sp³-hybridized carbons (Fsp3) is 0.611. The van der Waals surface area contributed by atoms with Crippen LogP contribution < -0.4 is 5.32 Å². The van der Waals surface area contributed by atoms with Crippen molar-refractivity contribution < 1.29 is 9.72 Å². The molecule has 1 aromatic rings. The Morgan fingerprint density at radius 2 is 1.96 bits per heavy atom. The van der Waals surface area contributed by atoms with Gasteiger partial charge >= 0.3 is 0 Å². The Balaban J connectivity index is 1.82. The molecule has 3 rings (SSSR count). The highest BCUT2D eigenvalue weighted by molar-refractivity contribution is 5.96. The average Bonchev–Trinajstić information content (AvgIpc) is 3.40. The molecule has 0 heterocycles. The summed E-state index contributed by atoms with van der Waals surface area (Å²) in [5, 5.41) is 14.6. The lowest BCUT2D eigenvalue weighted by atomic mass is 9.93. The van der Waals surface area contributed by atoms with E-state index in [0.717, 1.165) is 38.5 Å². The first-order valence-corrected chi connectivity index (χ1v) is 8.96. The van der Waals surface area contributed by atoms with E-state index in [9.17, 15) is 14.9 Å². The standard InChI is InChI=1S/C18H25N3O3/c1-2-20(15-6-4-3-5-7-15)18(22)13-8-11-16(19-14-9-10-14)17(12-13)21(23)24/h8,11-12,14-15,19H,2-7,9-10H2,1H3. The number of rotatable bonds is 6. The molecule has 0 unspecified atom stereocenters. The van der Waals surface area contributed by atoms with Gasteiger partial charge in [0.1, 0.15) is 5.69 Å². The predicted molar refractivity (Wildman–Crippen MR) is 93.3 cm³/mol. The maximum atomic E-state index is 12.9. The lowest BCUT2D eigenvalue weighted by Crippen LogP contribution is -2.41. The fourth-order valence-electron chi connectivity index (χ4n) is 3.51. The molecule has 2 fully saturated rings. The highest BCUT2D eigenvalue weighted by atomic mass is 16.6. The van der Waals surface area contributed by atoms with Crippen LogP contribution in [-0.2, 0) is 0 Å². The van der Waals surface area contributed by atoms with Gasteiger partial charge in [0.05, 0.1) is 4.92 Å². The van der Waals surface area contributed by atoms with Crippen molar-refractivity contribution in [2.24, 2.45) is 0 Å². The second-order valence-corrected chi connectivity index (χ2v) is 6.79. The van der Waals surface area contributed by atoms with E-state index in [0.29, 0.717) is 23.8 Å². The quantitative estimate of drug-likeness (QED) is 0.632. The molecule has 1 aromatic carbocycles. The zero-order valence-electron chi connectivity index (χ0n) is 14.2. The van der Waals surface area contributed by atoms with Crippen molar-refractivity contribution in [3.63, 3.8) is 0 Å². The number of nitro benzene ring substituents is 1. The first-order chi connectivity index (χ1) is 11.6. The summed E-state index contributed by atoms with van der Waals surface area (Å²) in [5.41, 5.74) is 0.919. The van der Waals surface area contributed by atoms with Crippen LogP contribution in [0.4, 0.5) is 11.4 Å². The number of nitro groups is 1. The van der Waals surface area contributed by atoms with Crippen molar-refractivity contribution in [1.29, 1.82) is 0 Å². The van der Waals surface area contributed by atoms with Gasteiger partial charge in [-0.1, -0.05) is 19.3 Å². The minimum absolute atomic E-state index is 0.00699. The molecule has 0 aliphatic heterocycles. The van der Waals surface area contributed by atoms with Crippen LogP contribution in [-0.4, -0.2) is 34.4 Å². The van der Waals surface area contributed by atoms with Gasteiger partial charge in [-0.3, -0.25) is 14.9 Å². The molecule has 0 radical (unpaired) electrons. The SMILES string of the molecule is CCN(C(=O)c1ccc(NC2CC2)c([N+](=O)[O-])c1)C1CCCCC1. The predicted octanol–water partition coefficient (Wildman–Crippen LogP) is 3.96. The van der Waals surface area contributed by atoms with Crippen LogP contribution in [0.1, 0.15) is 62.2 Å². The summed E-state index contributed by atoms with van der Waals surface area (Å²) in [4.78, 5) is 25.7. The lowest BCUT2D eigenvalue weighted by Gasteiger charge is -2.33. The molecule has 0 atom stereocenters. The maximum Gasteiger partial charge on any atom is 0.293 e. The van der Waals surface area contributed by atoms with E-state index < -0.39 is 4.92 Å². The smallest absolute Gasteiger partial charge is 0.293 e. The topological polar surface area (TPSA) is 75.5 Å². The summed E-state index contributed by atoms with van der Waals surface area (Å²) in [6.45, 7) is 2.61. The maximum absolute atomic E-state index is 12.9. The van der Waals surface area contributed by atoms with Gasteiger partial charge in [0.25, 0.3) is 11.6 Å². The van der Waals surface area contributed by atoms with Crippen molar-refractivity contribution in [2.45, 2.75) is 64.0 Å². The van der Waals surface area contributed by atoms with Crippen LogP contribution in [0.3, 0.4) is 0 Å². The van der Waals surface area contributed by atoms with Crippen molar-refractivity contribution in [1.82, 2.24) is 4.90 Å². The van der Waals surface area contributed by atoms with Gasteiger partial charge in [-0.15, -0.1) is 0 Å². The van der Waals surface area contributed by atoms with E-state index >= 15 is 0 Å². The summed E-state index contributed by atoms with van der Waals surface area (Å²) in [6, 6.07) is 5.42. The Morgan fingerprint density at radius 3 is 2.54 bits per heavy atom. The fourth-order valence-corrected chi connectivity index (χ4v) is 3.51. The summed E-state index contributed by atoms with van der Waals surface area (Å²) >= 11 is 0. The van der Waals surface area contributed by atoms with Crippen LogP contribution in [0, 0.1) is 10.1 Å². The number of carbonyl (C=O) groups excluding carboxylic acids is 1. The van der Waals surface area contributed by atoms with Gasteiger partial charge in [0, 0.05) is 30.3 Å². The molecule has 1 amide bonds. The van der Waals surface area contributed by atoms with E-state index in [2.05, 4.69) is 5.32 Å². The van der Waals surface area contributed by atoms with Crippen LogP contribution >= 0.6 is 0 Å². The molecule has 6 heteroatoms. The van der Waals surface area contributed by atoms with E-state index in [-0.39, 0.29) is 17.6 Å². The summed E-state index contributed by atoms with van der Waals surface area (Å²) in [6.07, 6.45) is 7.69. The number of benzene rings is 1. The summed E-state index contributed by atoms with van der Waals surface area (Å²) < 4.78 is 0.